The summed E-state index contributed by atoms with van der Waals surface area (Å²) in [5, 5.41) is 6.91. The van der Waals surface area contributed by atoms with Crippen LogP contribution in [0.25, 0.3) is 128 Å². The highest BCUT2D eigenvalue weighted by Crippen LogP contribution is 2.46. The van der Waals surface area contributed by atoms with Crippen LogP contribution in [-0.4, -0.2) is 28.7 Å². The van der Waals surface area contributed by atoms with Crippen LogP contribution in [0.3, 0.4) is 0 Å². The first kappa shape index (κ1) is 38.8. The van der Waals surface area contributed by atoms with Gasteiger partial charge in [0, 0.05) is 49.1 Å². The van der Waals surface area contributed by atoms with Crippen molar-refractivity contribution in [2.45, 2.75) is 0 Å². The zero-order valence-corrected chi connectivity index (χ0v) is 37.3. The molecule has 0 saturated heterocycles. The summed E-state index contributed by atoms with van der Waals surface area (Å²) in [4.78, 5) is 16.3. The Morgan fingerprint density at radius 2 is 0.681 bits per heavy atom. The van der Waals surface area contributed by atoms with Crippen LogP contribution in [0.1, 0.15) is 0 Å². The minimum absolute atomic E-state index is 0.534. The number of hydrogen-bond acceptors (Lipinski definition) is 3. The van der Waals surface area contributed by atoms with Crippen molar-refractivity contribution in [3.8, 4) is 62.4 Å². The fourth-order valence-corrected chi connectivity index (χ4v) is 10.6. The third kappa shape index (κ3) is 6.16. The van der Waals surface area contributed by atoms with Gasteiger partial charge in [-0.05, 0) is 76.9 Å². The van der Waals surface area contributed by atoms with E-state index in [-0.39, 0.29) is 0 Å². The lowest BCUT2D eigenvalue weighted by molar-refractivity contribution is 0.953. The van der Waals surface area contributed by atoms with Gasteiger partial charge < -0.3 is 9.13 Å². The quantitative estimate of drug-likeness (QED) is 0.160. The molecule has 322 valence electrons. The maximum atomic E-state index is 5.55. The van der Waals surface area contributed by atoms with Crippen LogP contribution in [0.2, 0.25) is 0 Å². The zero-order chi connectivity index (χ0) is 45.4. The van der Waals surface area contributed by atoms with E-state index in [4.69, 9.17) is 15.0 Å². The summed E-state index contributed by atoms with van der Waals surface area (Å²) in [7, 11) is 0. The zero-order valence-electron chi connectivity index (χ0n) is 37.3. The predicted molar refractivity (Wildman–Crippen MR) is 285 cm³/mol. The van der Waals surface area contributed by atoms with Crippen molar-refractivity contribution >= 4 is 65.4 Å². The molecule has 0 aliphatic heterocycles. The van der Waals surface area contributed by atoms with E-state index >= 15 is 0 Å². The number of fused-ring (bicyclic) bond motifs is 10. The largest absolute Gasteiger partial charge is 0.309 e. The summed E-state index contributed by atoms with van der Waals surface area (Å²) in [6, 6.07) is 86.2. The Kier molecular flexibility index (Phi) is 8.79. The van der Waals surface area contributed by atoms with Gasteiger partial charge in [0.2, 0.25) is 5.95 Å². The van der Waals surface area contributed by atoms with Crippen LogP contribution in [0, 0.1) is 0 Å². The van der Waals surface area contributed by atoms with Crippen molar-refractivity contribution < 1.29 is 0 Å². The maximum Gasteiger partial charge on any atom is 0.238 e. The van der Waals surface area contributed by atoms with Crippen LogP contribution in [-0.2, 0) is 0 Å². The van der Waals surface area contributed by atoms with Crippen LogP contribution in [0.5, 0.6) is 0 Å². The van der Waals surface area contributed by atoms with Gasteiger partial charge in [-0.25, -0.2) is 4.98 Å². The molecule has 0 bridgehead atoms. The van der Waals surface area contributed by atoms with Crippen molar-refractivity contribution in [1.82, 2.24) is 28.7 Å². The van der Waals surface area contributed by atoms with Gasteiger partial charge in [0.25, 0.3) is 0 Å². The number of benzene rings is 10. The summed E-state index contributed by atoms with van der Waals surface area (Å²) < 4.78 is 7.18. The monoisotopic (exact) mass is 880 g/mol. The molecule has 4 heterocycles. The third-order valence-corrected chi connectivity index (χ3v) is 13.7. The van der Waals surface area contributed by atoms with Crippen LogP contribution in [0.4, 0.5) is 0 Å². The lowest BCUT2D eigenvalue weighted by Gasteiger charge is -2.16. The molecule has 0 atom stereocenters. The second-order valence-electron chi connectivity index (χ2n) is 17.6. The summed E-state index contributed by atoms with van der Waals surface area (Å²) >= 11 is 0. The van der Waals surface area contributed by atoms with Crippen LogP contribution >= 0.6 is 0 Å². The predicted octanol–water partition coefficient (Wildman–Crippen LogP) is 15.8. The minimum atomic E-state index is 0.534. The Balaban J connectivity index is 1.12. The molecular formula is C63H40N6. The lowest BCUT2D eigenvalue weighted by atomic mass is 9.98. The Bertz CT molecular complexity index is 4240. The van der Waals surface area contributed by atoms with Gasteiger partial charge >= 0.3 is 0 Å². The summed E-state index contributed by atoms with van der Waals surface area (Å²) in [6.07, 6.45) is 0. The smallest absolute Gasteiger partial charge is 0.238 e. The molecule has 14 rings (SSSR count). The van der Waals surface area contributed by atoms with Gasteiger partial charge in [0.05, 0.1) is 38.8 Å². The highest BCUT2D eigenvalue weighted by atomic mass is 15.2. The molecule has 6 heteroatoms. The topological polar surface area (TPSA) is 53.5 Å². The molecule has 0 saturated carbocycles. The molecule has 6 nitrogen and oxygen atoms in total. The average molecular weight is 881 g/mol. The van der Waals surface area contributed by atoms with Crippen molar-refractivity contribution in [2.75, 3.05) is 0 Å². The highest BCUT2D eigenvalue weighted by Gasteiger charge is 2.27. The standard InChI is InChI=1S/C63H40N6/c1-4-20-41(21-5-1)43-24-18-25-44(38-43)45-26-19-27-46(39-45)62-64-61(42-22-6-2-7-23-42)65-63(66-62)69-56-37-17-13-33-51(56)58-57(68-54-35-15-10-30-48(54)49-31-11-16-36-55(49)68)40-52-50-32-12-14-34-53(50)67(59(52)60(58)69)47-28-8-3-9-29-47/h1-40H. The second kappa shape index (κ2) is 15.6. The molecule has 0 N–H and O–H groups in total. The molecule has 0 spiro atoms. The van der Waals surface area contributed by atoms with Crippen LogP contribution < -0.4 is 0 Å². The van der Waals surface area contributed by atoms with Crippen LogP contribution in [0.15, 0.2) is 243 Å². The summed E-state index contributed by atoms with van der Waals surface area (Å²) in [5.41, 5.74) is 15.0. The van der Waals surface area contributed by atoms with Gasteiger partial charge in [0.1, 0.15) is 0 Å². The Labute approximate surface area is 397 Å². The van der Waals surface area contributed by atoms with Gasteiger partial charge in [0.15, 0.2) is 11.6 Å². The molecule has 0 aliphatic carbocycles. The van der Waals surface area contributed by atoms with E-state index in [0.717, 1.165) is 93.8 Å². The lowest BCUT2D eigenvalue weighted by Crippen LogP contribution is -2.07. The normalized spacial score (nSPS) is 11.8. The summed E-state index contributed by atoms with van der Waals surface area (Å²) in [5.74, 6) is 1.72. The number of hydrogen-bond donors (Lipinski definition) is 0. The Morgan fingerprint density at radius 1 is 0.261 bits per heavy atom. The highest BCUT2D eigenvalue weighted by molar-refractivity contribution is 6.27. The minimum Gasteiger partial charge on any atom is -0.309 e. The van der Waals surface area contributed by atoms with Crippen molar-refractivity contribution in [1.29, 1.82) is 0 Å². The second-order valence-corrected chi connectivity index (χ2v) is 17.6. The molecule has 14 aromatic rings. The number of para-hydroxylation sites is 5. The molecule has 0 aliphatic rings. The van der Waals surface area contributed by atoms with E-state index in [1.807, 2.05) is 18.2 Å². The van der Waals surface area contributed by atoms with E-state index < -0.39 is 0 Å². The molecule has 4 aromatic heterocycles. The number of aromatic nitrogens is 6. The number of nitrogens with zero attached hydrogens (tertiary/aromatic N) is 6. The van der Waals surface area contributed by atoms with Gasteiger partial charge in [-0.3, -0.25) is 4.57 Å². The van der Waals surface area contributed by atoms with E-state index in [9.17, 15) is 0 Å². The SMILES string of the molecule is c1ccc(-c2cccc(-c3cccc(-c4nc(-c5ccccc5)nc(-n5c6ccccc6c6c(-n7c8ccccc8c8ccccc87)cc7c8ccccc8n(-c8ccccc8)c7c65)n4)c3)c2)cc1. The Hall–Kier alpha value is -9.39. The molecule has 10 aromatic carbocycles. The van der Waals surface area contributed by atoms with Crippen molar-refractivity contribution in [3.63, 3.8) is 0 Å². The molecule has 0 radical (unpaired) electrons. The van der Waals surface area contributed by atoms with E-state index in [1.165, 1.54) is 16.3 Å². The van der Waals surface area contributed by atoms with E-state index in [1.54, 1.807) is 0 Å². The first-order chi connectivity index (χ1) is 34.2. The molecular weight excluding hydrogens is 841 g/mol. The van der Waals surface area contributed by atoms with E-state index in [2.05, 4.69) is 238 Å². The average Bonchev–Trinajstić information content (AvgIpc) is 4.08. The summed E-state index contributed by atoms with van der Waals surface area (Å²) in [6.45, 7) is 0. The fourth-order valence-electron chi connectivity index (χ4n) is 10.6. The third-order valence-electron chi connectivity index (χ3n) is 13.7. The van der Waals surface area contributed by atoms with Gasteiger partial charge in [-0.1, -0.05) is 188 Å². The van der Waals surface area contributed by atoms with Gasteiger partial charge in [-0.2, -0.15) is 9.97 Å². The fraction of sp³-hybridized carbons (Fsp3) is 0. The molecule has 0 fully saturated rings. The first-order valence-corrected chi connectivity index (χ1v) is 23.4. The molecule has 0 amide bonds. The first-order valence-electron chi connectivity index (χ1n) is 23.4. The maximum absolute atomic E-state index is 5.55. The Morgan fingerprint density at radius 3 is 1.29 bits per heavy atom. The van der Waals surface area contributed by atoms with Gasteiger partial charge in [-0.15, -0.1) is 0 Å². The van der Waals surface area contributed by atoms with E-state index in [0.29, 0.717) is 17.6 Å². The van der Waals surface area contributed by atoms with Crippen molar-refractivity contribution in [2.24, 2.45) is 0 Å². The molecule has 0 unspecified atom stereocenters. The molecule has 69 heavy (non-hydrogen) atoms. The number of rotatable bonds is 7. The van der Waals surface area contributed by atoms with Crippen molar-refractivity contribution in [3.05, 3.63) is 243 Å².